The third kappa shape index (κ3) is 3.26. The molecule has 0 atom stereocenters. The Bertz CT molecular complexity index is 601. The molecular formula is C10H4ClF3N2OS2. The van der Waals surface area contributed by atoms with Crippen LogP contribution in [0, 0.1) is 0 Å². The van der Waals surface area contributed by atoms with Crippen LogP contribution in [0.2, 0.25) is 5.02 Å². The fourth-order valence-corrected chi connectivity index (χ4v) is 2.50. The summed E-state index contributed by atoms with van der Waals surface area (Å²) in [5.41, 5.74) is -0.865. The van der Waals surface area contributed by atoms with Gasteiger partial charge in [0.2, 0.25) is 0 Å². The fraction of sp³-hybridized carbons (Fsp3) is 0.100. The van der Waals surface area contributed by atoms with E-state index in [9.17, 15) is 18.0 Å². The van der Waals surface area contributed by atoms with E-state index in [2.05, 4.69) is 10.3 Å². The second-order valence-electron chi connectivity index (χ2n) is 3.44. The number of rotatable bonds is 1. The molecular weight excluding hydrogens is 321 g/mol. The first-order valence-corrected chi connectivity index (χ1v) is 6.35. The summed E-state index contributed by atoms with van der Waals surface area (Å²) < 4.78 is 37.5. The average molecular weight is 325 g/mol. The van der Waals surface area contributed by atoms with Crippen molar-refractivity contribution in [1.82, 2.24) is 10.3 Å². The van der Waals surface area contributed by atoms with Crippen LogP contribution < -0.4 is 5.32 Å². The molecule has 1 fully saturated rings. The molecule has 2 heterocycles. The molecule has 1 amide bonds. The lowest BCUT2D eigenvalue weighted by molar-refractivity contribution is -0.137. The topological polar surface area (TPSA) is 42.0 Å². The van der Waals surface area contributed by atoms with E-state index in [0.717, 1.165) is 17.8 Å². The lowest BCUT2D eigenvalue weighted by Gasteiger charge is -2.07. The first-order valence-electron chi connectivity index (χ1n) is 4.75. The Kier molecular flexibility index (Phi) is 3.84. The molecule has 1 aliphatic rings. The van der Waals surface area contributed by atoms with Crippen molar-refractivity contribution in [3.05, 3.63) is 33.4 Å². The van der Waals surface area contributed by atoms with Gasteiger partial charge in [0.05, 0.1) is 21.2 Å². The molecule has 1 aliphatic heterocycles. The molecule has 1 N–H and O–H groups in total. The molecule has 1 saturated heterocycles. The number of amides is 1. The second-order valence-corrected chi connectivity index (χ2v) is 5.57. The van der Waals surface area contributed by atoms with Crippen molar-refractivity contribution in [2.24, 2.45) is 0 Å². The lowest BCUT2D eigenvalue weighted by atomic mass is 10.2. The van der Waals surface area contributed by atoms with Crippen molar-refractivity contribution < 1.29 is 18.0 Å². The molecule has 0 aromatic carbocycles. The van der Waals surface area contributed by atoms with Gasteiger partial charge in [0.25, 0.3) is 5.91 Å². The molecule has 1 aromatic heterocycles. The maximum Gasteiger partial charge on any atom is 0.417 e. The maximum atomic E-state index is 12.4. The molecule has 100 valence electrons. The van der Waals surface area contributed by atoms with Crippen LogP contribution >= 0.6 is 35.6 Å². The Morgan fingerprint density at radius 2 is 2.16 bits per heavy atom. The summed E-state index contributed by atoms with van der Waals surface area (Å²) in [7, 11) is 0. The number of hydrogen-bond acceptors (Lipinski definition) is 4. The minimum atomic E-state index is -4.51. The largest absolute Gasteiger partial charge is 0.417 e. The van der Waals surface area contributed by atoms with Gasteiger partial charge in [-0.15, -0.1) is 0 Å². The van der Waals surface area contributed by atoms with Crippen LogP contribution in [0.15, 0.2) is 17.2 Å². The Labute approximate surface area is 120 Å². The first kappa shape index (κ1) is 14.3. The van der Waals surface area contributed by atoms with Gasteiger partial charge in [0.1, 0.15) is 4.32 Å². The second kappa shape index (κ2) is 5.10. The molecule has 19 heavy (non-hydrogen) atoms. The van der Waals surface area contributed by atoms with Crippen molar-refractivity contribution in [3.8, 4) is 0 Å². The highest BCUT2D eigenvalue weighted by atomic mass is 35.5. The van der Waals surface area contributed by atoms with E-state index in [1.54, 1.807) is 0 Å². The minimum Gasteiger partial charge on any atom is -0.307 e. The normalized spacial score (nSPS) is 18.0. The number of nitrogens with zero attached hydrogens (tertiary/aromatic N) is 1. The molecule has 2 rings (SSSR count). The number of thioether (sulfide) groups is 1. The smallest absolute Gasteiger partial charge is 0.307 e. The zero-order chi connectivity index (χ0) is 14.2. The van der Waals surface area contributed by atoms with Crippen LogP contribution in [0.4, 0.5) is 13.2 Å². The van der Waals surface area contributed by atoms with Gasteiger partial charge in [-0.3, -0.25) is 9.78 Å². The van der Waals surface area contributed by atoms with Gasteiger partial charge in [-0.1, -0.05) is 35.6 Å². The van der Waals surface area contributed by atoms with E-state index in [-0.39, 0.29) is 19.9 Å². The van der Waals surface area contributed by atoms with E-state index in [0.29, 0.717) is 6.20 Å². The van der Waals surface area contributed by atoms with Crippen LogP contribution in [-0.4, -0.2) is 15.2 Å². The third-order valence-corrected chi connectivity index (χ3v) is 3.57. The summed E-state index contributed by atoms with van der Waals surface area (Å²) in [4.78, 5) is 15.2. The zero-order valence-electron chi connectivity index (χ0n) is 8.92. The van der Waals surface area contributed by atoms with Crippen LogP contribution in [0.3, 0.4) is 0 Å². The Balaban J connectivity index is 2.35. The van der Waals surface area contributed by atoms with E-state index in [1.807, 2.05) is 0 Å². The van der Waals surface area contributed by atoms with Gasteiger partial charge in [0, 0.05) is 6.20 Å². The molecule has 0 radical (unpaired) electrons. The Morgan fingerprint density at radius 1 is 1.47 bits per heavy atom. The molecule has 0 bridgehead atoms. The van der Waals surface area contributed by atoms with Crippen LogP contribution in [0.5, 0.6) is 0 Å². The fourth-order valence-electron chi connectivity index (χ4n) is 1.25. The molecule has 1 aromatic rings. The van der Waals surface area contributed by atoms with Crippen LogP contribution in [-0.2, 0) is 11.0 Å². The first-order chi connectivity index (χ1) is 8.77. The van der Waals surface area contributed by atoms with Gasteiger partial charge in [-0.05, 0) is 12.1 Å². The summed E-state index contributed by atoms with van der Waals surface area (Å²) in [5.74, 6) is -0.423. The SMILES string of the molecule is O=C1NC(=S)S/C1=C\c1ncc(C(F)(F)F)cc1Cl. The number of thiocarbonyl (C=S) groups is 1. The van der Waals surface area contributed by atoms with Gasteiger partial charge in [0.15, 0.2) is 0 Å². The standard InChI is InChI=1S/C10H4ClF3N2OS2/c11-5-1-4(10(12,13)14)3-15-6(5)2-7-8(17)16-9(18)19-7/h1-3H,(H,16,17,18)/b7-2-. The van der Waals surface area contributed by atoms with Crippen molar-refractivity contribution in [2.75, 3.05) is 0 Å². The lowest BCUT2D eigenvalue weighted by Crippen LogP contribution is -2.17. The molecule has 0 unspecified atom stereocenters. The molecule has 0 spiro atoms. The van der Waals surface area contributed by atoms with Crippen molar-refractivity contribution in [3.63, 3.8) is 0 Å². The van der Waals surface area contributed by atoms with Crippen LogP contribution in [0.25, 0.3) is 6.08 Å². The van der Waals surface area contributed by atoms with Crippen molar-refractivity contribution in [1.29, 1.82) is 0 Å². The molecule has 3 nitrogen and oxygen atoms in total. The number of pyridine rings is 1. The summed E-state index contributed by atoms with van der Waals surface area (Å²) >= 11 is 11.5. The quantitative estimate of drug-likeness (QED) is 0.636. The molecule has 0 saturated carbocycles. The number of carbonyl (C=O) groups is 1. The third-order valence-electron chi connectivity index (χ3n) is 2.11. The number of aromatic nitrogens is 1. The minimum absolute atomic E-state index is 0.0806. The Morgan fingerprint density at radius 3 is 2.63 bits per heavy atom. The number of halogens is 4. The van der Waals surface area contributed by atoms with Gasteiger partial charge >= 0.3 is 6.18 Å². The zero-order valence-corrected chi connectivity index (χ0v) is 11.3. The Hall–Kier alpha value is -1.12. The van der Waals surface area contributed by atoms with Crippen molar-refractivity contribution >= 4 is 51.9 Å². The summed E-state index contributed by atoms with van der Waals surface area (Å²) in [6.45, 7) is 0. The van der Waals surface area contributed by atoms with E-state index in [1.165, 1.54) is 6.08 Å². The van der Waals surface area contributed by atoms with E-state index >= 15 is 0 Å². The molecule has 0 aliphatic carbocycles. The summed E-state index contributed by atoms with van der Waals surface area (Å²) in [5, 5.41) is 2.19. The van der Waals surface area contributed by atoms with Gasteiger partial charge in [-0.2, -0.15) is 13.2 Å². The summed E-state index contributed by atoms with van der Waals surface area (Å²) in [6, 6.07) is 0.761. The average Bonchev–Trinajstić information content (AvgIpc) is 2.59. The number of nitrogens with one attached hydrogen (secondary N) is 1. The van der Waals surface area contributed by atoms with Crippen molar-refractivity contribution in [2.45, 2.75) is 6.18 Å². The van der Waals surface area contributed by atoms with E-state index < -0.39 is 17.6 Å². The predicted molar refractivity (Wildman–Crippen MR) is 70.6 cm³/mol. The van der Waals surface area contributed by atoms with Crippen LogP contribution in [0.1, 0.15) is 11.3 Å². The van der Waals surface area contributed by atoms with Gasteiger partial charge < -0.3 is 5.32 Å². The molecule has 9 heteroatoms. The highest BCUT2D eigenvalue weighted by Crippen LogP contribution is 2.32. The van der Waals surface area contributed by atoms with E-state index in [4.69, 9.17) is 23.8 Å². The highest BCUT2D eigenvalue weighted by Gasteiger charge is 2.31. The number of hydrogen-bond donors (Lipinski definition) is 1. The summed E-state index contributed by atoms with van der Waals surface area (Å²) in [6.07, 6.45) is -2.56. The monoisotopic (exact) mass is 324 g/mol. The number of alkyl halides is 3. The van der Waals surface area contributed by atoms with Gasteiger partial charge in [-0.25, -0.2) is 0 Å². The number of carbonyl (C=O) groups excluding carboxylic acids is 1. The maximum absolute atomic E-state index is 12.4. The highest BCUT2D eigenvalue weighted by molar-refractivity contribution is 8.26. The predicted octanol–water partition coefficient (Wildman–Crippen LogP) is 3.24.